The first-order chi connectivity index (χ1) is 11.3. The van der Waals surface area contributed by atoms with E-state index in [1.165, 1.54) is 11.3 Å². The number of benzene rings is 1. The van der Waals surface area contributed by atoms with Crippen molar-refractivity contribution in [3.63, 3.8) is 0 Å². The Morgan fingerprint density at radius 2 is 1.96 bits per heavy atom. The van der Waals surface area contributed by atoms with Gasteiger partial charge < -0.3 is 10.6 Å². The van der Waals surface area contributed by atoms with Crippen molar-refractivity contribution in [3.05, 3.63) is 51.2 Å². The molecule has 6 nitrogen and oxygen atoms in total. The molecular formula is C17H17N3O3S. The summed E-state index contributed by atoms with van der Waals surface area (Å²) >= 11 is 1.44. The lowest BCUT2D eigenvalue weighted by atomic mass is 9.92. The van der Waals surface area contributed by atoms with Crippen molar-refractivity contribution in [2.45, 2.75) is 26.3 Å². The minimum Gasteiger partial charge on any atom is -0.321 e. The predicted molar refractivity (Wildman–Crippen MR) is 92.2 cm³/mol. The van der Waals surface area contributed by atoms with E-state index in [1.807, 2.05) is 19.9 Å². The predicted octanol–water partition coefficient (Wildman–Crippen LogP) is 2.67. The molecule has 1 aromatic heterocycles. The van der Waals surface area contributed by atoms with Gasteiger partial charge in [0.25, 0.3) is 11.8 Å². The lowest BCUT2D eigenvalue weighted by molar-refractivity contribution is -0.123. The van der Waals surface area contributed by atoms with Crippen LogP contribution in [0, 0.1) is 13.8 Å². The second-order valence-electron chi connectivity index (χ2n) is 5.92. The van der Waals surface area contributed by atoms with Gasteiger partial charge in [-0.3, -0.25) is 14.9 Å². The molecule has 24 heavy (non-hydrogen) atoms. The molecule has 3 N–H and O–H groups in total. The molecule has 0 radical (unpaired) electrons. The highest BCUT2D eigenvalue weighted by atomic mass is 32.1. The summed E-state index contributed by atoms with van der Waals surface area (Å²) in [5.74, 6) is -0.612. The van der Waals surface area contributed by atoms with Crippen molar-refractivity contribution in [2.75, 3.05) is 5.32 Å². The number of urea groups is 1. The molecule has 0 bridgehead atoms. The minimum absolute atomic E-state index is 0.196. The third-order valence-corrected chi connectivity index (χ3v) is 5.28. The smallest absolute Gasteiger partial charge is 0.321 e. The summed E-state index contributed by atoms with van der Waals surface area (Å²) in [4.78, 5) is 37.5. The van der Waals surface area contributed by atoms with Crippen LogP contribution in [-0.2, 0) is 10.3 Å². The minimum atomic E-state index is -1.14. The van der Waals surface area contributed by atoms with Crippen molar-refractivity contribution >= 4 is 34.9 Å². The average molecular weight is 343 g/mol. The normalized spacial score (nSPS) is 19.8. The Labute approximate surface area is 143 Å². The summed E-state index contributed by atoms with van der Waals surface area (Å²) in [6, 6.07) is 8.23. The highest BCUT2D eigenvalue weighted by Crippen LogP contribution is 2.27. The fourth-order valence-electron chi connectivity index (χ4n) is 2.53. The van der Waals surface area contributed by atoms with E-state index in [-0.39, 0.29) is 5.91 Å². The molecule has 1 aliphatic rings. The zero-order valence-corrected chi connectivity index (χ0v) is 14.3. The number of nitrogens with one attached hydrogen (secondary N) is 3. The van der Waals surface area contributed by atoms with Gasteiger partial charge in [0.2, 0.25) is 0 Å². The number of carbonyl (C=O) groups excluding carboxylic acids is 3. The van der Waals surface area contributed by atoms with Gasteiger partial charge in [-0.2, -0.15) is 0 Å². The number of hydrogen-bond acceptors (Lipinski definition) is 4. The van der Waals surface area contributed by atoms with E-state index in [1.54, 1.807) is 31.2 Å². The molecular weight excluding hydrogens is 326 g/mol. The molecule has 0 unspecified atom stereocenters. The van der Waals surface area contributed by atoms with Crippen LogP contribution in [0.2, 0.25) is 0 Å². The van der Waals surface area contributed by atoms with Crippen molar-refractivity contribution < 1.29 is 14.4 Å². The van der Waals surface area contributed by atoms with E-state index in [4.69, 9.17) is 0 Å². The van der Waals surface area contributed by atoms with E-state index in [0.29, 0.717) is 16.1 Å². The summed E-state index contributed by atoms with van der Waals surface area (Å²) in [6.45, 7) is 5.56. The number of rotatable bonds is 3. The van der Waals surface area contributed by atoms with Crippen LogP contribution in [0.25, 0.3) is 0 Å². The lowest BCUT2D eigenvalue weighted by Gasteiger charge is -2.21. The first kappa shape index (κ1) is 16.2. The summed E-state index contributed by atoms with van der Waals surface area (Å²) in [5, 5.41) is 7.67. The SMILES string of the molecule is Cc1cc(C(=O)Nc2cccc([C@]3(C)NC(=O)NC3=O)c2)sc1C. The van der Waals surface area contributed by atoms with Crippen LogP contribution < -0.4 is 16.0 Å². The third-order valence-electron chi connectivity index (χ3n) is 4.13. The Bertz CT molecular complexity index is 839. The topological polar surface area (TPSA) is 87.3 Å². The van der Waals surface area contributed by atoms with Crippen molar-refractivity contribution in [2.24, 2.45) is 0 Å². The van der Waals surface area contributed by atoms with Gasteiger partial charge in [0.05, 0.1) is 4.88 Å². The van der Waals surface area contributed by atoms with Crippen LogP contribution in [0.4, 0.5) is 10.5 Å². The van der Waals surface area contributed by atoms with Crippen LogP contribution in [-0.4, -0.2) is 17.8 Å². The molecule has 124 valence electrons. The molecule has 2 aromatic rings. The van der Waals surface area contributed by atoms with Crippen LogP contribution in [0.5, 0.6) is 0 Å². The summed E-state index contributed by atoms with van der Waals surface area (Å²) < 4.78 is 0. The molecule has 1 saturated heterocycles. The van der Waals surface area contributed by atoms with Crippen molar-refractivity contribution in [1.29, 1.82) is 0 Å². The zero-order valence-electron chi connectivity index (χ0n) is 13.5. The molecule has 7 heteroatoms. The number of anilines is 1. The molecule has 1 fully saturated rings. The molecule has 0 aliphatic carbocycles. The van der Waals surface area contributed by atoms with Gasteiger partial charge in [0, 0.05) is 10.6 Å². The average Bonchev–Trinajstić information content (AvgIpc) is 2.99. The fraction of sp³-hybridized carbons (Fsp3) is 0.235. The Morgan fingerprint density at radius 3 is 2.54 bits per heavy atom. The zero-order chi connectivity index (χ0) is 17.5. The van der Waals surface area contributed by atoms with Crippen LogP contribution in [0.3, 0.4) is 0 Å². The largest absolute Gasteiger partial charge is 0.322 e. The van der Waals surface area contributed by atoms with E-state index in [9.17, 15) is 14.4 Å². The molecule has 1 aromatic carbocycles. The van der Waals surface area contributed by atoms with Gasteiger partial charge in [-0.15, -0.1) is 11.3 Å². The van der Waals surface area contributed by atoms with Crippen molar-refractivity contribution in [1.82, 2.24) is 10.6 Å². The number of carbonyl (C=O) groups is 3. The Balaban J connectivity index is 1.85. The monoisotopic (exact) mass is 343 g/mol. The number of thiophene rings is 1. The number of hydrogen-bond donors (Lipinski definition) is 3. The van der Waals surface area contributed by atoms with Crippen molar-refractivity contribution in [3.8, 4) is 0 Å². The molecule has 0 spiro atoms. The highest BCUT2D eigenvalue weighted by molar-refractivity contribution is 7.14. The maximum atomic E-state index is 12.4. The van der Waals surface area contributed by atoms with Gasteiger partial charge >= 0.3 is 6.03 Å². The molecule has 1 aliphatic heterocycles. The molecule has 3 rings (SSSR count). The second kappa shape index (κ2) is 5.76. The van der Waals surface area contributed by atoms with Gasteiger partial charge in [-0.05, 0) is 50.1 Å². The van der Waals surface area contributed by atoms with E-state index < -0.39 is 17.5 Å². The maximum absolute atomic E-state index is 12.4. The lowest BCUT2D eigenvalue weighted by Crippen LogP contribution is -2.40. The maximum Gasteiger partial charge on any atom is 0.322 e. The molecule has 1 atom stereocenters. The first-order valence-corrected chi connectivity index (χ1v) is 8.24. The fourth-order valence-corrected chi connectivity index (χ4v) is 3.46. The van der Waals surface area contributed by atoms with Gasteiger partial charge in [-0.1, -0.05) is 12.1 Å². The van der Waals surface area contributed by atoms with E-state index in [0.717, 1.165) is 10.4 Å². The Morgan fingerprint density at radius 1 is 1.21 bits per heavy atom. The van der Waals surface area contributed by atoms with Crippen LogP contribution in [0.15, 0.2) is 30.3 Å². The van der Waals surface area contributed by atoms with E-state index >= 15 is 0 Å². The number of aryl methyl sites for hydroxylation is 2. The second-order valence-corrected chi connectivity index (χ2v) is 7.17. The van der Waals surface area contributed by atoms with Gasteiger partial charge in [0.15, 0.2) is 0 Å². The molecule has 4 amide bonds. The summed E-state index contributed by atoms with van der Waals surface area (Å²) in [7, 11) is 0. The summed E-state index contributed by atoms with van der Waals surface area (Å²) in [6.07, 6.45) is 0. The molecule has 0 saturated carbocycles. The third kappa shape index (κ3) is 2.78. The number of amides is 4. The Kier molecular flexibility index (Phi) is 3.88. The van der Waals surface area contributed by atoms with Gasteiger partial charge in [0.1, 0.15) is 5.54 Å². The summed E-state index contributed by atoms with van der Waals surface area (Å²) in [5.41, 5.74) is 1.10. The standard InChI is InChI=1S/C17H17N3O3S/c1-9-7-13(24-10(9)2)14(21)18-12-6-4-5-11(8-12)17(3)15(22)19-16(23)20-17/h4-8H,1-3H3,(H,18,21)(H2,19,20,22,23)/t17-/m0/s1. The first-order valence-electron chi connectivity index (χ1n) is 7.42. The van der Waals surface area contributed by atoms with Crippen LogP contribution in [0.1, 0.15) is 32.6 Å². The van der Waals surface area contributed by atoms with E-state index in [2.05, 4.69) is 16.0 Å². The highest BCUT2D eigenvalue weighted by Gasteiger charge is 2.43. The molecule has 2 heterocycles. The van der Waals surface area contributed by atoms with Crippen LogP contribution >= 0.6 is 11.3 Å². The number of imide groups is 1. The quantitative estimate of drug-likeness (QED) is 0.749. The van der Waals surface area contributed by atoms with Gasteiger partial charge in [-0.25, -0.2) is 4.79 Å². The Hall–Kier alpha value is -2.67.